The van der Waals surface area contributed by atoms with E-state index in [1.807, 2.05) is 24.3 Å². The molecule has 0 spiro atoms. The highest BCUT2D eigenvalue weighted by atomic mass is 16.5. The van der Waals surface area contributed by atoms with Gasteiger partial charge in [-0.3, -0.25) is 4.79 Å². The van der Waals surface area contributed by atoms with E-state index >= 15 is 0 Å². The molecule has 0 aliphatic carbocycles. The number of nitrogens with zero attached hydrogens (tertiary/aromatic N) is 1. The van der Waals surface area contributed by atoms with Crippen LogP contribution in [-0.2, 0) is 11.2 Å². The molecule has 2 aromatic rings. The van der Waals surface area contributed by atoms with Gasteiger partial charge in [-0.1, -0.05) is 0 Å². The molecule has 1 aromatic heterocycles. The monoisotopic (exact) mass is 231 g/mol. The molecule has 0 saturated heterocycles. The quantitative estimate of drug-likeness (QED) is 0.811. The molecule has 0 saturated carbocycles. The van der Waals surface area contributed by atoms with Gasteiger partial charge in [-0.25, -0.2) is 4.98 Å². The second kappa shape index (κ2) is 4.82. The molecule has 4 heteroatoms. The molecule has 0 amide bonds. The summed E-state index contributed by atoms with van der Waals surface area (Å²) >= 11 is 0. The van der Waals surface area contributed by atoms with Crippen molar-refractivity contribution in [1.29, 1.82) is 0 Å². The lowest BCUT2D eigenvalue weighted by Crippen LogP contribution is -1.93. The van der Waals surface area contributed by atoms with Gasteiger partial charge in [-0.05, 0) is 31.2 Å². The van der Waals surface area contributed by atoms with Crippen molar-refractivity contribution in [3.8, 4) is 17.2 Å². The summed E-state index contributed by atoms with van der Waals surface area (Å²) in [4.78, 5) is 15.1. The van der Waals surface area contributed by atoms with E-state index in [0.717, 1.165) is 11.3 Å². The lowest BCUT2D eigenvalue weighted by Gasteiger charge is -1.99. The van der Waals surface area contributed by atoms with Gasteiger partial charge in [0.05, 0.1) is 19.7 Å². The van der Waals surface area contributed by atoms with Crippen LogP contribution < -0.4 is 4.74 Å². The Bertz CT molecular complexity index is 514. The number of methoxy groups -OCH3 is 1. The number of hydrogen-bond acceptors (Lipinski definition) is 4. The van der Waals surface area contributed by atoms with E-state index in [9.17, 15) is 4.79 Å². The van der Waals surface area contributed by atoms with Gasteiger partial charge in [-0.2, -0.15) is 0 Å². The molecular formula is C13H13NO3. The fraction of sp³-hybridized carbons (Fsp3) is 0.231. The number of benzene rings is 1. The van der Waals surface area contributed by atoms with Crippen molar-refractivity contribution in [2.24, 2.45) is 0 Å². The standard InChI is InChI=1S/C13H13NO3/c1-9(15)7-12-8-14-13(17-12)10-3-5-11(16-2)6-4-10/h3-6,8H,7H2,1-2H3. The fourth-order valence-electron chi connectivity index (χ4n) is 1.50. The summed E-state index contributed by atoms with van der Waals surface area (Å²) in [6, 6.07) is 7.40. The van der Waals surface area contributed by atoms with Gasteiger partial charge >= 0.3 is 0 Å². The van der Waals surface area contributed by atoms with E-state index in [-0.39, 0.29) is 12.2 Å². The van der Waals surface area contributed by atoms with E-state index in [4.69, 9.17) is 9.15 Å². The summed E-state index contributed by atoms with van der Waals surface area (Å²) in [6.45, 7) is 1.52. The number of oxazole rings is 1. The minimum Gasteiger partial charge on any atom is -0.497 e. The SMILES string of the molecule is COc1ccc(-c2ncc(CC(C)=O)o2)cc1. The van der Waals surface area contributed by atoms with Crippen LogP contribution in [0.5, 0.6) is 5.75 Å². The van der Waals surface area contributed by atoms with E-state index in [1.165, 1.54) is 6.92 Å². The van der Waals surface area contributed by atoms with Gasteiger partial charge in [0, 0.05) is 5.56 Å². The average molecular weight is 231 g/mol. The summed E-state index contributed by atoms with van der Waals surface area (Å²) in [7, 11) is 1.62. The lowest BCUT2D eigenvalue weighted by atomic mass is 10.2. The van der Waals surface area contributed by atoms with E-state index in [0.29, 0.717) is 11.7 Å². The van der Waals surface area contributed by atoms with Crippen LogP contribution in [0.15, 0.2) is 34.9 Å². The van der Waals surface area contributed by atoms with Crippen LogP contribution in [-0.4, -0.2) is 17.9 Å². The minimum absolute atomic E-state index is 0.0578. The third kappa shape index (κ3) is 2.72. The maximum Gasteiger partial charge on any atom is 0.226 e. The van der Waals surface area contributed by atoms with Crippen LogP contribution in [0.25, 0.3) is 11.5 Å². The number of hydrogen-bond donors (Lipinski definition) is 0. The minimum atomic E-state index is 0.0578. The molecule has 0 unspecified atom stereocenters. The predicted molar refractivity (Wildman–Crippen MR) is 62.9 cm³/mol. The Morgan fingerprint density at radius 3 is 2.65 bits per heavy atom. The maximum atomic E-state index is 10.9. The Balaban J connectivity index is 2.21. The Morgan fingerprint density at radius 1 is 1.35 bits per heavy atom. The summed E-state index contributed by atoms with van der Waals surface area (Å²) in [5, 5.41) is 0. The van der Waals surface area contributed by atoms with E-state index in [2.05, 4.69) is 4.98 Å². The summed E-state index contributed by atoms with van der Waals surface area (Å²) in [5.74, 6) is 1.94. The van der Waals surface area contributed by atoms with Crippen molar-refractivity contribution in [3.63, 3.8) is 0 Å². The number of carbonyl (C=O) groups excluding carboxylic acids is 1. The van der Waals surface area contributed by atoms with Crippen molar-refractivity contribution < 1.29 is 13.9 Å². The number of Topliss-reactive ketones (excluding diaryl/α,β-unsaturated/α-hetero) is 1. The maximum absolute atomic E-state index is 10.9. The van der Waals surface area contributed by atoms with Gasteiger partial charge in [0.1, 0.15) is 17.3 Å². The molecule has 0 atom stereocenters. The molecule has 0 bridgehead atoms. The third-order valence-electron chi connectivity index (χ3n) is 2.31. The molecule has 0 aliphatic rings. The molecule has 0 aliphatic heterocycles. The summed E-state index contributed by atoms with van der Waals surface area (Å²) < 4.78 is 10.5. The first kappa shape index (κ1) is 11.4. The Morgan fingerprint density at radius 2 is 2.06 bits per heavy atom. The van der Waals surface area contributed by atoms with Gasteiger partial charge in [0.15, 0.2) is 0 Å². The Hall–Kier alpha value is -2.10. The smallest absolute Gasteiger partial charge is 0.226 e. The summed E-state index contributed by atoms with van der Waals surface area (Å²) in [5.41, 5.74) is 0.862. The highest BCUT2D eigenvalue weighted by Gasteiger charge is 2.08. The zero-order chi connectivity index (χ0) is 12.3. The molecular weight excluding hydrogens is 218 g/mol. The van der Waals surface area contributed by atoms with Crippen molar-refractivity contribution in [2.45, 2.75) is 13.3 Å². The molecule has 2 rings (SSSR count). The molecule has 1 aromatic carbocycles. The van der Waals surface area contributed by atoms with Gasteiger partial charge in [0.2, 0.25) is 5.89 Å². The van der Waals surface area contributed by atoms with Gasteiger partial charge in [-0.15, -0.1) is 0 Å². The van der Waals surface area contributed by atoms with Crippen LogP contribution in [0.3, 0.4) is 0 Å². The highest BCUT2D eigenvalue weighted by molar-refractivity contribution is 5.77. The second-order valence-electron chi connectivity index (χ2n) is 3.74. The molecule has 0 fully saturated rings. The number of ether oxygens (including phenoxy) is 1. The normalized spacial score (nSPS) is 10.2. The molecule has 0 radical (unpaired) electrons. The number of rotatable bonds is 4. The largest absolute Gasteiger partial charge is 0.497 e. The van der Waals surface area contributed by atoms with Crippen LogP contribution >= 0.6 is 0 Å². The highest BCUT2D eigenvalue weighted by Crippen LogP contribution is 2.22. The van der Waals surface area contributed by atoms with Gasteiger partial charge < -0.3 is 9.15 Å². The fourth-order valence-corrected chi connectivity index (χ4v) is 1.50. The molecule has 0 N–H and O–H groups in total. The molecule has 4 nitrogen and oxygen atoms in total. The first-order valence-electron chi connectivity index (χ1n) is 5.27. The first-order chi connectivity index (χ1) is 8.19. The van der Waals surface area contributed by atoms with Gasteiger partial charge in [0.25, 0.3) is 0 Å². The lowest BCUT2D eigenvalue weighted by molar-refractivity contribution is -0.116. The van der Waals surface area contributed by atoms with Crippen LogP contribution in [0.2, 0.25) is 0 Å². The molecule has 17 heavy (non-hydrogen) atoms. The number of carbonyl (C=O) groups is 1. The van der Waals surface area contributed by atoms with Crippen molar-refractivity contribution in [1.82, 2.24) is 4.98 Å². The number of ketones is 1. The van der Waals surface area contributed by atoms with Crippen LogP contribution in [0.4, 0.5) is 0 Å². The number of aromatic nitrogens is 1. The topological polar surface area (TPSA) is 52.3 Å². The second-order valence-corrected chi connectivity index (χ2v) is 3.74. The average Bonchev–Trinajstić information content (AvgIpc) is 2.77. The van der Waals surface area contributed by atoms with Crippen molar-refractivity contribution in [3.05, 3.63) is 36.2 Å². The summed E-state index contributed by atoms with van der Waals surface area (Å²) in [6.07, 6.45) is 1.87. The predicted octanol–water partition coefficient (Wildman–Crippen LogP) is 2.48. The van der Waals surface area contributed by atoms with Crippen LogP contribution in [0, 0.1) is 0 Å². The zero-order valence-electron chi connectivity index (χ0n) is 9.77. The van der Waals surface area contributed by atoms with Crippen LogP contribution in [0.1, 0.15) is 12.7 Å². The first-order valence-corrected chi connectivity index (χ1v) is 5.27. The van der Waals surface area contributed by atoms with Crippen molar-refractivity contribution >= 4 is 5.78 Å². The van der Waals surface area contributed by atoms with E-state index in [1.54, 1.807) is 13.3 Å². The Kier molecular flexibility index (Phi) is 3.23. The van der Waals surface area contributed by atoms with E-state index < -0.39 is 0 Å². The third-order valence-corrected chi connectivity index (χ3v) is 2.31. The Labute approximate surface area is 99.2 Å². The molecule has 1 heterocycles. The molecule has 88 valence electrons. The van der Waals surface area contributed by atoms with Crippen molar-refractivity contribution in [2.75, 3.05) is 7.11 Å². The zero-order valence-corrected chi connectivity index (χ0v) is 9.77.